The highest BCUT2D eigenvalue weighted by atomic mass is 16.5. The SMILES string of the molecule is Cc1cc(C)nc(OC2CCCN(C(=O)c3ccc(OCC(C)C)nc3)C2)n1. The molecule has 2 aromatic heterocycles. The predicted molar refractivity (Wildman–Crippen MR) is 106 cm³/mol. The van der Waals surface area contributed by atoms with Crippen molar-refractivity contribution in [1.82, 2.24) is 19.9 Å². The Morgan fingerprint density at radius 3 is 2.64 bits per heavy atom. The van der Waals surface area contributed by atoms with Gasteiger partial charge in [0.1, 0.15) is 6.10 Å². The van der Waals surface area contributed by atoms with Crippen molar-refractivity contribution in [3.05, 3.63) is 41.3 Å². The summed E-state index contributed by atoms with van der Waals surface area (Å²) in [6.45, 7) is 9.82. The molecule has 7 heteroatoms. The fourth-order valence-electron chi connectivity index (χ4n) is 3.14. The van der Waals surface area contributed by atoms with Crippen LogP contribution in [0, 0.1) is 19.8 Å². The average Bonchev–Trinajstić information content (AvgIpc) is 2.65. The second kappa shape index (κ2) is 8.99. The molecular formula is C21H28N4O3. The van der Waals surface area contributed by atoms with Crippen molar-refractivity contribution in [2.45, 2.75) is 46.6 Å². The van der Waals surface area contributed by atoms with Crippen molar-refractivity contribution in [3.8, 4) is 11.9 Å². The summed E-state index contributed by atoms with van der Waals surface area (Å²) in [6.07, 6.45) is 3.22. The molecule has 3 heterocycles. The van der Waals surface area contributed by atoms with Crippen molar-refractivity contribution in [3.63, 3.8) is 0 Å². The van der Waals surface area contributed by atoms with Gasteiger partial charge in [0.15, 0.2) is 0 Å². The Labute approximate surface area is 166 Å². The van der Waals surface area contributed by atoms with Gasteiger partial charge < -0.3 is 14.4 Å². The molecule has 0 aromatic carbocycles. The molecule has 1 saturated heterocycles. The topological polar surface area (TPSA) is 77.4 Å². The Balaban J connectivity index is 1.60. The summed E-state index contributed by atoms with van der Waals surface area (Å²) < 4.78 is 11.5. The number of amides is 1. The highest BCUT2D eigenvalue weighted by Crippen LogP contribution is 2.19. The summed E-state index contributed by atoms with van der Waals surface area (Å²) in [6, 6.07) is 5.80. The number of pyridine rings is 1. The Morgan fingerprint density at radius 1 is 1.25 bits per heavy atom. The van der Waals surface area contributed by atoms with Crippen LogP contribution < -0.4 is 9.47 Å². The van der Waals surface area contributed by atoms with E-state index < -0.39 is 0 Å². The fourth-order valence-corrected chi connectivity index (χ4v) is 3.14. The largest absolute Gasteiger partial charge is 0.477 e. The van der Waals surface area contributed by atoms with Gasteiger partial charge >= 0.3 is 6.01 Å². The number of carbonyl (C=O) groups excluding carboxylic acids is 1. The van der Waals surface area contributed by atoms with Gasteiger partial charge in [0.25, 0.3) is 5.91 Å². The van der Waals surface area contributed by atoms with Gasteiger partial charge in [-0.15, -0.1) is 0 Å². The van der Waals surface area contributed by atoms with Crippen LogP contribution in [-0.4, -0.2) is 51.6 Å². The van der Waals surface area contributed by atoms with Gasteiger partial charge in [-0.05, 0) is 44.7 Å². The van der Waals surface area contributed by atoms with E-state index in [0.29, 0.717) is 43.1 Å². The molecule has 2 aromatic rings. The molecule has 1 aliphatic heterocycles. The number of ether oxygens (including phenoxy) is 2. The number of carbonyl (C=O) groups is 1. The normalized spacial score (nSPS) is 16.9. The monoisotopic (exact) mass is 384 g/mol. The van der Waals surface area contributed by atoms with Crippen molar-refractivity contribution < 1.29 is 14.3 Å². The Hall–Kier alpha value is -2.70. The molecule has 0 radical (unpaired) electrons. The molecule has 150 valence electrons. The number of piperidine rings is 1. The fraction of sp³-hybridized carbons (Fsp3) is 0.524. The summed E-state index contributed by atoms with van der Waals surface area (Å²) in [4.78, 5) is 27.6. The second-order valence-corrected chi connectivity index (χ2v) is 7.66. The number of nitrogens with zero attached hydrogens (tertiary/aromatic N) is 4. The third kappa shape index (κ3) is 5.41. The maximum Gasteiger partial charge on any atom is 0.317 e. The molecule has 1 amide bonds. The Morgan fingerprint density at radius 2 is 2.00 bits per heavy atom. The standard InChI is InChI=1S/C21H28N4O3/c1-14(2)13-27-19-8-7-17(11-22-19)20(26)25-9-5-6-18(12-25)28-21-23-15(3)10-16(4)24-21/h7-8,10-11,14,18H,5-6,9,12-13H2,1-4H3. The minimum atomic E-state index is -0.111. The molecule has 7 nitrogen and oxygen atoms in total. The summed E-state index contributed by atoms with van der Waals surface area (Å²) in [5.41, 5.74) is 2.30. The van der Waals surface area contributed by atoms with E-state index >= 15 is 0 Å². The van der Waals surface area contributed by atoms with Gasteiger partial charge in [0.05, 0.1) is 18.7 Å². The highest BCUT2D eigenvalue weighted by Gasteiger charge is 2.26. The highest BCUT2D eigenvalue weighted by molar-refractivity contribution is 5.94. The molecule has 1 atom stereocenters. The van der Waals surface area contributed by atoms with Crippen molar-refractivity contribution in [1.29, 1.82) is 0 Å². The van der Waals surface area contributed by atoms with Crippen LogP contribution >= 0.6 is 0 Å². The van der Waals surface area contributed by atoms with E-state index in [1.54, 1.807) is 18.3 Å². The lowest BCUT2D eigenvalue weighted by Gasteiger charge is -2.32. The van der Waals surface area contributed by atoms with Gasteiger partial charge in [-0.25, -0.2) is 15.0 Å². The smallest absolute Gasteiger partial charge is 0.317 e. The van der Waals surface area contributed by atoms with E-state index in [0.717, 1.165) is 24.2 Å². The van der Waals surface area contributed by atoms with Gasteiger partial charge in [0.2, 0.25) is 5.88 Å². The van der Waals surface area contributed by atoms with Gasteiger partial charge in [0, 0.05) is 30.2 Å². The molecule has 3 rings (SSSR count). The Kier molecular flexibility index (Phi) is 6.44. The average molecular weight is 384 g/mol. The second-order valence-electron chi connectivity index (χ2n) is 7.66. The summed E-state index contributed by atoms with van der Waals surface area (Å²) in [5.74, 6) is 0.921. The minimum absolute atomic E-state index is 0.0439. The van der Waals surface area contributed by atoms with Crippen LogP contribution in [0.2, 0.25) is 0 Å². The first-order valence-corrected chi connectivity index (χ1v) is 9.78. The van der Waals surface area contributed by atoms with E-state index in [2.05, 4.69) is 28.8 Å². The summed E-state index contributed by atoms with van der Waals surface area (Å²) in [7, 11) is 0. The third-order valence-corrected chi connectivity index (χ3v) is 4.45. The molecule has 0 N–H and O–H groups in total. The van der Waals surface area contributed by atoms with Gasteiger partial charge in [-0.2, -0.15) is 0 Å². The van der Waals surface area contributed by atoms with Crippen molar-refractivity contribution in [2.24, 2.45) is 5.92 Å². The number of hydrogen-bond donors (Lipinski definition) is 0. The lowest BCUT2D eigenvalue weighted by Crippen LogP contribution is -2.44. The van der Waals surface area contributed by atoms with Crippen LogP contribution in [0.25, 0.3) is 0 Å². The van der Waals surface area contributed by atoms with Crippen LogP contribution in [0.5, 0.6) is 11.9 Å². The van der Waals surface area contributed by atoms with Crippen LogP contribution in [0.15, 0.2) is 24.4 Å². The lowest BCUT2D eigenvalue weighted by atomic mass is 10.1. The van der Waals surface area contributed by atoms with Crippen LogP contribution in [0.4, 0.5) is 0 Å². The molecule has 1 aliphatic rings. The molecule has 1 fully saturated rings. The lowest BCUT2D eigenvalue weighted by molar-refractivity contribution is 0.0514. The van der Waals surface area contributed by atoms with Crippen molar-refractivity contribution in [2.75, 3.05) is 19.7 Å². The molecule has 0 bridgehead atoms. The maximum absolute atomic E-state index is 12.8. The van der Waals surface area contributed by atoms with E-state index in [9.17, 15) is 4.79 Å². The zero-order valence-corrected chi connectivity index (χ0v) is 17.0. The van der Waals surface area contributed by atoms with Crippen LogP contribution in [0.3, 0.4) is 0 Å². The minimum Gasteiger partial charge on any atom is -0.477 e. The molecule has 1 unspecified atom stereocenters. The quantitative estimate of drug-likeness (QED) is 0.761. The molecule has 0 spiro atoms. The first-order valence-electron chi connectivity index (χ1n) is 9.78. The molecular weight excluding hydrogens is 356 g/mol. The van der Waals surface area contributed by atoms with Gasteiger partial charge in [-0.1, -0.05) is 13.8 Å². The summed E-state index contributed by atoms with van der Waals surface area (Å²) in [5, 5.41) is 0. The molecule has 0 saturated carbocycles. The zero-order valence-electron chi connectivity index (χ0n) is 17.0. The van der Waals surface area contributed by atoms with E-state index in [1.807, 2.05) is 24.8 Å². The van der Waals surface area contributed by atoms with E-state index in [-0.39, 0.29) is 12.0 Å². The van der Waals surface area contributed by atoms with Crippen molar-refractivity contribution >= 4 is 5.91 Å². The number of hydrogen-bond acceptors (Lipinski definition) is 6. The third-order valence-electron chi connectivity index (χ3n) is 4.45. The van der Waals surface area contributed by atoms with Gasteiger partial charge in [-0.3, -0.25) is 4.79 Å². The zero-order chi connectivity index (χ0) is 20.1. The van der Waals surface area contributed by atoms with E-state index in [4.69, 9.17) is 9.47 Å². The number of likely N-dealkylation sites (tertiary alicyclic amines) is 1. The number of aryl methyl sites for hydroxylation is 2. The molecule has 0 aliphatic carbocycles. The maximum atomic E-state index is 12.8. The number of rotatable bonds is 6. The van der Waals surface area contributed by atoms with E-state index in [1.165, 1.54) is 0 Å². The summed E-state index contributed by atoms with van der Waals surface area (Å²) >= 11 is 0. The predicted octanol–water partition coefficient (Wildman–Crippen LogP) is 3.21. The molecule has 28 heavy (non-hydrogen) atoms. The van der Waals surface area contributed by atoms with Crippen LogP contribution in [-0.2, 0) is 0 Å². The van der Waals surface area contributed by atoms with Crippen LogP contribution in [0.1, 0.15) is 48.4 Å². The Bertz CT molecular complexity index is 788. The first kappa shape index (κ1) is 20.0. The first-order chi connectivity index (χ1) is 13.4. The number of aromatic nitrogens is 3.